The van der Waals surface area contributed by atoms with Crippen molar-refractivity contribution in [3.05, 3.63) is 66.2 Å². The Morgan fingerprint density at radius 1 is 1.05 bits per heavy atom. The van der Waals surface area contributed by atoms with Crippen molar-refractivity contribution in [3.63, 3.8) is 0 Å². The van der Waals surface area contributed by atoms with Crippen LogP contribution in [0.4, 0.5) is 0 Å². The highest BCUT2D eigenvalue weighted by molar-refractivity contribution is 8.00. The number of hydroxylamine groups is 1. The van der Waals surface area contributed by atoms with Gasteiger partial charge in [0, 0.05) is 4.90 Å². The fourth-order valence-electron chi connectivity index (χ4n) is 1.69. The molecule has 1 atom stereocenters. The fraction of sp³-hybridized carbons (Fsp3) is 0.133. The number of hydrogen-bond donors (Lipinski definition) is 1. The molecule has 3 nitrogen and oxygen atoms in total. The lowest BCUT2D eigenvalue weighted by Crippen LogP contribution is -2.26. The van der Waals surface area contributed by atoms with Gasteiger partial charge >= 0.3 is 0 Å². The van der Waals surface area contributed by atoms with E-state index in [0.29, 0.717) is 0 Å². The van der Waals surface area contributed by atoms with Crippen LogP contribution in [0.1, 0.15) is 10.8 Å². The third-order valence-corrected chi connectivity index (χ3v) is 3.81. The second-order valence-corrected chi connectivity index (χ2v) is 5.07. The van der Waals surface area contributed by atoms with Gasteiger partial charge in [0.2, 0.25) is 0 Å². The molecule has 0 bridgehead atoms. The van der Waals surface area contributed by atoms with Crippen LogP contribution in [0.2, 0.25) is 0 Å². The zero-order valence-corrected chi connectivity index (χ0v) is 11.4. The van der Waals surface area contributed by atoms with Crippen molar-refractivity contribution in [2.75, 3.05) is 7.11 Å². The predicted octanol–water partition coefficient (Wildman–Crippen LogP) is 3.20. The van der Waals surface area contributed by atoms with E-state index in [1.165, 1.54) is 18.9 Å². The summed E-state index contributed by atoms with van der Waals surface area (Å²) in [5.74, 6) is -0.164. The summed E-state index contributed by atoms with van der Waals surface area (Å²) < 4.78 is 0. The largest absolute Gasteiger partial charge is 0.277 e. The lowest BCUT2D eigenvalue weighted by molar-refractivity contribution is -0.130. The molecule has 0 saturated carbocycles. The van der Waals surface area contributed by atoms with Crippen LogP contribution in [0, 0.1) is 0 Å². The lowest BCUT2D eigenvalue weighted by atomic mass is 10.1. The van der Waals surface area contributed by atoms with Crippen LogP contribution in [0.25, 0.3) is 0 Å². The lowest BCUT2D eigenvalue weighted by Gasteiger charge is -2.15. The molecule has 2 rings (SSSR count). The van der Waals surface area contributed by atoms with Gasteiger partial charge in [0.25, 0.3) is 5.91 Å². The smallest absolute Gasteiger partial charge is 0.261 e. The summed E-state index contributed by atoms with van der Waals surface area (Å²) in [6.45, 7) is 0. The molecule has 0 heterocycles. The molecule has 0 spiro atoms. The summed E-state index contributed by atoms with van der Waals surface area (Å²) in [4.78, 5) is 17.9. The van der Waals surface area contributed by atoms with Crippen molar-refractivity contribution in [3.8, 4) is 0 Å². The zero-order chi connectivity index (χ0) is 13.5. The van der Waals surface area contributed by atoms with Gasteiger partial charge in [0.15, 0.2) is 0 Å². The topological polar surface area (TPSA) is 38.3 Å². The third-order valence-electron chi connectivity index (χ3n) is 2.54. The molecule has 0 aliphatic rings. The van der Waals surface area contributed by atoms with E-state index in [4.69, 9.17) is 4.84 Å². The fourth-order valence-corrected chi connectivity index (χ4v) is 2.72. The molecule has 98 valence electrons. The van der Waals surface area contributed by atoms with Crippen LogP contribution < -0.4 is 5.48 Å². The highest BCUT2D eigenvalue weighted by atomic mass is 32.2. The number of thioether (sulfide) groups is 1. The van der Waals surface area contributed by atoms with Gasteiger partial charge in [-0.3, -0.25) is 9.63 Å². The van der Waals surface area contributed by atoms with Crippen molar-refractivity contribution in [1.29, 1.82) is 0 Å². The minimum atomic E-state index is -0.330. The summed E-state index contributed by atoms with van der Waals surface area (Å²) in [5.41, 5.74) is 3.35. The molecule has 4 heteroatoms. The Balaban J connectivity index is 2.22. The second-order valence-electron chi connectivity index (χ2n) is 3.89. The van der Waals surface area contributed by atoms with Crippen LogP contribution in [-0.2, 0) is 9.63 Å². The van der Waals surface area contributed by atoms with E-state index < -0.39 is 0 Å². The average molecular weight is 273 g/mol. The van der Waals surface area contributed by atoms with E-state index >= 15 is 0 Å². The first-order chi connectivity index (χ1) is 9.31. The number of hydrogen-bond acceptors (Lipinski definition) is 3. The van der Waals surface area contributed by atoms with E-state index in [-0.39, 0.29) is 11.2 Å². The Morgan fingerprint density at radius 2 is 1.63 bits per heavy atom. The van der Waals surface area contributed by atoms with Gasteiger partial charge in [0.05, 0.1) is 7.11 Å². The first-order valence-corrected chi connectivity index (χ1v) is 6.78. The van der Waals surface area contributed by atoms with Crippen molar-refractivity contribution >= 4 is 17.7 Å². The molecule has 0 aliphatic heterocycles. The standard InChI is InChI=1S/C15H15NO2S/c1-18-16-15(17)14(12-8-4-2-5-9-12)19-13-10-6-3-7-11-13/h2-11,14H,1H3,(H,16,17)/t14-/m0/s1. The normalized spacial score (nSPS) is 11.8. The third kappa shape index (κ3) is 3.84. The first kappa shape index (κ1) is 13.6. The first-order valence-electron chi connectivity index (χ1n) is 5.91. The molecule has 2 aromatic rings. The number of carbonyl (C=O) groups is 1. The van der Waals surface area contributed by atoms with Crippen LogP contribution in [0.15, 0.2) is 65.6 Å². The monoisotopic (exact) mass is 273 g/mol. The molecule has 0 unspecified atom stereocenters. The average Bonchev–Trinajstić information content (AvgIpc) is 2.47. The molecule has 0 aromatic heterocycles. The summed E-state index contributed by atoms with van der Waals surface area (Å²) in [6, 6.07) is 19.5. The quantitative estimate of drug-likeness (QED) is 0.671. The Labute approximate surface area is 116 Å². The molecule has 0 aliphatic carbocycles. The summed E-state index contributed by atoms with van der Waals surface area (Å²) in [7, 11) is 1.44. The van der Waals surface area contributed by atoms with E-state index in [2.05, 4.69) is 5.48 Å². The highest BCUT2D eigenvalue weighted by Gasteiger charge is 2.21. The number of amides is 1. The van der Waals surface area contributed by atoms with E-state index in [1.54, 1.807) is 0 Å². The number of benzene rings is 2. The SMILES string of the molecule is CONC(=O)[C@@H](Sc1ccccc1)c1ccccc1. The summed E-state index contributed by atoms with van der Waals surface area (Å²) in [5, 5.41) is -0.330. The number of nitrogens with one attached hydrogen (secondary N) is 1. The maximum atomic E-state index is 12.1. The molecular weight excluding hydrogens is 258 g/mol. The van der Waals surface area contributed by atoms with Gasteiger partial charge in [-0.05, 0) is 17.7 Å². The Bertz CT molecular complexity index is 516. The van der Waals surface area contributed by atoms with Gasteiger partial charge < -0.3 is 0 Å². The van der Waals surface area contributed by atoms with Gasteiger partial charge in [-0.25, -0.2) is 5.48 Å². The van der Waals surface area contributed by atoms with E-state index in [1.807, 2.05) is 60.7 Å². The van der Waals surface area contributed by atoms with Crippen LogP contribution in [0.5, 0.6) is 0 Å². The van der Waals surface area contributed by atoms with Crippen molar-refractivity contribution in [2.45, 2.75) is 10.1 Å². The van der Waals surface area contributed by atoms with Gasteiger partial charge in [-0.15, -0.1) is 11.8 Å². The highest BCUT2D eigenvalue weighted by Crippen LogP contribution is 2.35. The minimum absolute atomic E-state index is 0.164. The van der Waals surface area contributed by atoms with Crippen molar-refractivity contribution < 1.29 is 9.63 Å². The Kier molecular flexibility index (Phi) is 5.01. The van der Waals surface area contributed by atoms with Gasteiger partial charge in [-0.2, -0.15) is 0 Å². The maximum Gasteiger partial charge on any atom is 0.261 e. The van der Waals surface area contributed by atoms with Crippen LogP contribution in [-0.4, -0.2) is 13.0 Å². The second kappa shape index (κ2) is 6.97. The molecule has 2 aromatic carbocycles. The molecule has 0 fully saturated rings. The van der Waals surface area contributed by atoms with Crippen LogP contribution >= 0.6 is 11.8 Å². The molecule has 0 radical (unpaired) electrons. The van der Waals surface area contributed by atoms with E-state index in [0.717, 1.165) is 10.5 Å². The van der Waals surface area contributed by atoms with E-state index in [9.17, 15) is 4.79 Å². The molecule has 0 saturated heterocycles. The molecular formula is C15H15NO2S. The predicted molar refractivity (Wildman–Crippen MR) is 76.6 cm³/mol. The molecule has 1 N–H and O–H groups in total. The number of carbonyl (C=O) groups excluding carboxylic acids is 1. The zero-order valence-electron chi connectivity index (χ0n) is 10.6. The minimum Gasteiger partial charge on any atom is -0.277 e. The van der Waals surface area contributed by atoms with Crippen molar-refractivity contribution in [1.82, 2.24) is 5.48 Å². The van der Waals surface area contributed by atoms with Gasteiger partial charge in [-0.1, -0.05) is 48.5 Å². The maximum absolute atomic E-state index is 12.1. The van der Waals surface area contributed by atoms with Crippen molar-refractivity contribution in [2.24, 2.45) is 0 Å². The molecule has 19 heavy (non-hydrogen) atoms. The van der Waals surface area contributed by atoms with Gasteiger partial charge in [0.1, 0.15) is 5.25 Å². The molecule has 1 amide bonds. The number of rotatable bonds is 5. The Morgan fingerprint density at radius 3 is 2.21 bits per heavy atom. The Hall–Kier alpha value is -1.78. The summed E-state index contributed by atoms with van der Waals surface area (Å²) in [6.07, 6.45) is 0. The summed E-state index contributed by atoms with van der Waals surface area (Å²) >= 11 is 1.50. The van der Waals surface area contributed by atoms with Crippen LogP contribution in [0.3, 0.4) is 0 Å².